The first kappa shape index (κ1) is 12.8. The average Bonchev–Trinajstić information content (AvgIpc) is 2.65. The van der Waals surface area contributed by atoms with Crippen LogP contribution in [0, 0.1) is 12.8 Å². The Kier molecular flexibility index (Phi) is 3.47. The Balaban J connectivity index is 2.37. The lowest BCUT2D eigenvalue weighted by Crippen LogP contribution is -2.09. The van der Waals surface area contributed by atoms with Crippen LogP contribution in [0.25, 0.3) is 10.2 Å². The second kappa shape index (κ2) is 4.89. The van der Waals surface area contributed by atoms with Crippen LogP contribution in [0.5, 0.6) is 0 Å². The summed E-state index contributed by atoms with van der Waals surface area (Å²) in [4.78, 5) is 21.3. The maximum atomic E-state index is 12.0. The highest BCUT2D eigenvalue weighted by Gasteiger charge is 2.19. The Labute approximate surface area is 109 Å². The highest BCUT2D eigenvalue weighted by molar-refractivity contribution is 7.20. The van der Waals surface area contributed by atoms with E-state index in [-0.39, 0.29) is 5.97 Å². The molecular formula is C12H15N3O2S. The summed E-state index contributed by atoms with van der Waals surface area (Å²) in [6.45, 7) is 6.24. The second-order valence-electron chi connectivity index (χ2n) is 4.49. The molecule has 0 amide bonds. The first-order chi connectivity index (χ1) is 8.50. The zero-order chi connectivity index (χ0) is 13.3. The topological polar surface area (TPSA) is 78.1 Å². The van der Waals surface area contributed by atoms with Gasteiger partial charge in [0.05, 0.1) is 12.0 Å². The van der Waals surface area contributed by atoms with Gasteiger partial charge in [-0.15, -0.1) is 11.3 Å². The number of hydrogen-bond donors (Lipinski definition) is 1. The molecule has 0 saturated heterocycles. The fourth-order valence-electron chi connectivity index (χ4n) is 1.60. The van der Waals surface area contributed by atoms with Crippen molar-refractivity contribution in [2.75, 3.05) is 12.3 Å². The van der Waals surface area contributed by atoms with E-state index >= 15 is 0 Å². The number of thiophene rings is 1. The van der Waals surface area contributed by atoms with Crippen LogP contribution in [0.4, 0.5) is 5.82 Å². The number of anilines is 1. The molecule has 0 unspecified atom stereocenters. The van der Waals surface area contributed by atoms with E-state index in [0.29, 0.717) is 23.2 Å². The maximum Gasteiger partial charge on any atom is 0.348 e. The molecule has 0 aromatic carbocycles. The van der Waals surface area contributed by atoms with Gasteiger partial charge in [-0.2, -0.15) is 0 Å². The molecule has 96 valence electrons. The number of fused-ring (bicyclic) bond motifs is 1. The molecule has 0 radical (unpaired) electrons. The number of nitrogen functional groups attached to an aromatic ring is 1. The first-order valence-corrected chi connectivity index (χ1v) is 6.49. The molecule has 2 aromatic heterocycles. The molecule has 5 nitrogen and oxygen atoms in total. The van der Waals surface area contributed by atoms with Crippen LogP contribution < -0.4 is 5.73 Å². The van der Waals surface area contributed by atoms with E-state index in [1.807, 2.05) is 20.8 Å². The van der Waals surface area contributed by atoms with Crippen LogP contribution in [-0.4, -0.2) is 22.5 Å². The van der Waals surface area contributed by atoms with Gasteiger partial charge in [-0.05, 0) is 18.4 Å². The molecule has 0 saturated carbocycles. The van der Waals surface area contributed by atoms with E-state index in [0.717, 1.165) is 15.8 Å². The van der Waals surface area contributed by atoms with Gasteiger partial charge in [0, 0.05) is 0 Å². The smallest absolute Gasteiger partial charge is 0.348 e. The third-order valence-corrected chi connectivity index (χ3v) is 3.67. The molecule has 0 aliphatic carbocycles. The number of carbonyl (C=O) groups excluding carboxylic acids is 1. The van der Waals surface area contributed by atoms with Crippen molar-refractivity contribution < 1.29 is 9.53 Å². The van der Waals surface area contributed by atoms with Crippen LogP contribution in [0.2, 0.25) is 0 Å². The Bertz CT molecular complexity index is 592. The van der Waals surface area contributed by atoms with E-state index < -0.39 is 0 Å². The fourth-order valence-corrected chi connectivity index (χ4v) is 2.65. The molecule has 0 aliphatic heterocycles. The van der Waals surface area contributed by atoms with Crippen molar-refractivity contribution >= 4 is 33.3 Å². The summed E-state index contributed by atoms with van der Waals surface area (Å²) in [5.41, 5.74) is 6.59. The lowest BCUT2D eigenvalue weighted by molar-refractivity contribution is 0.0464. The zero-order valence-electron chi connectivity index (χ0n) is 10.6. The standard InChI is InChI=1S/C12H15N3O2S/c1-6(2)4-17-12(16)9-7(3)8-10(13)14-5-15-11(8)18-9/h5-6H,4H2,1-3H3,(H2,13,14,15). The summed E-state index contributed by atoms with van der Waals surface area (Å²) >= 11 is 1.29. The number of nitrogens with zero attached hydrogens (tertiary/aromatic N) is 2. The lowest BCUT2D eigenvalue weighted by Gasteiger charge is -2.06. The number of ether oxygens (including phenoxy) is 1. The molecule has 2 aromatic rings. The van der Waals surface area contributed by atoms with Crippen LogP contribution >= 0.6 is 11.3 Å². The second-order valence-corrected chi connectivity index (χ2v) is 5.49. The first-order valence-electron chi connectivity index (χ1n) is 5.67. The predicted octanol–water partition coefficient (Wildman–Crippen LogP) is 2.39. The van der Waals surface area contributed by atoms with E-state index in [2.05, 4.69) is 9.97 Å². The molecule has 2 N–H and O–H groups in total. The van der Waals surface area contributed by atoms with Crippen molar-refractivity contribution in [1.29, 1.82) is 0 Å². The van der Waals surface area contributed by atoms with Gasteiger partial charge in [-0.25, -0.2) is 14.8 Å². The van der Waals surface area contributed by atoms with Crippen molar-refractivity contribution in [1.82, 2.24) is 9.97 Å². The monoisotopic (exact) mass is 265 g/mol. The molecule has 2 heterocycles. The van der Waals surface area contributed by atoms with Gasteiger partial charge < -0.3 is 10.5 Å². The van der Waals surface area contributed by atoms with Crippen molar-refractivity contribution in [2.24, 2.45) is 5.92 Å². The van der Waals surface area contributed by atoms with Crippen molar-refractivity contribution in [3.8, 4) is 0 Å². The van der Waals surface area contributed by atoms with Crippen LogP contribution in [0.15, 0.2) is 6.33 Å². The molecule has 0 spiro atoms. The van der Waals surface area contributed by atoms with Gasteiger partial charge in [0.1, 0.15) is 21.9 Å². The predicted molar refractivity (Wildman–Crippen MR) is 71.7 cm³/mol. The van der Waals surface area contributed by atoms with Gasteiger partial charge in [-0.3, -0.25) is 0 Å². The third-order valence-electron chi connectivity index (χ3n) is 2.49. The largest absolute Gasteiger partial charge is 0.461 e. The number of hydrogen-bond acceptors (Lipinski definition) is 6. The van der Waals surface area contributed by atoms with E-state index in [1.165, 1.54) is 17.7 Å². The molecule has 2 rings (SSSR count). The molecule has 18 heavy (non-hydrogen) atoms. The van der Waals surface area contributed by atoms with E-state index in [4.69, 9.17) is 10.5 Å². The SMILES string of the molecule is Cc1c(C(=O)OCC(C)C)sc2ncnc(N)c12. The Morgan fingerprint density at radius 1 is 1.50 bits per heavy atom. The number of aryl methyl sites for hydroxylation is 1. The summed E-state index contributed by atoms with van der Waals surface area (Å²) in [6, 6.07) is 0. The van der Waals surface area contributed by atoms with E-state index in [1.54, 1.807) is 0 Å². The minimum Gasteiger partial charge on any atom is -0.461 e. The highest BCUT2D eigenvalue weighted by atomic mass is 32.1. The molecule has 0 bridgehead atoms. The summed E-state index contributed by atoms with van der Waals surface area (Å²) in [7, 11) is 0. The van der Waals surface area contributed by atoms with Gasteiger partial charge in [0.15, 0.2) is 0 Å². The lowest BCUT2D eigenvalue weighted by atomic mass is 10.2. The number of nitrogens with two attached hydrogens (primary N) is 1. The highest BCUT2D eigenvalue weighted by Crippen LogP contribution is 2.32. The quantitative estimate of drug-likeness (QED) is 0.862. The number of esters is 1. The van der Waals surface area contributed by atoms with Crippen LogP contribution in [-0.2, 0) is 4.74 Å². The van der Waals surface area contributed by atoms with Gasteiger partial charge in [0.25, 0.3) is 0 Å². The molecule has 0 aliphatic rings. The van der Waals surface area contributed by atoms with Gasteiger partial charge in [-0.1, -0.05) is 13.8 Å². The zero-order valence-corrected chi connectivity index (χ0v) is 11.4. The van der Waals surface area contributed by atoms with Crippen molar-refractivity contribution in [3.63, 3.8) is 0 Å². The summed E-state index contributed by atoms with van der Waals surface area (Å²) in [6.07, 6.45) is 1.40. The van der Waals surface area contributed by atoms with Gasteiger partial charge in [0.2, 0.25) is 0 Å². The Morgan fingerprint density at radius 3 is 2.83 bits per heavy atom. The minimum atomic E-state index is -0.316. The number of carbonyl (C=O) groups is 1. The van der Waals surface area contributed by atoms with Crippen LogP contribution in [0.1, 0.15) is 29.1 Å². The van der Waals surface area contributed by atoms with Gasteiger partial charge >= 0.3 is 5.97 Å². The molecular weight excluding hydrogens is 250 g/mol. The molecule has 0 atom stereocenters. The number of aromatic nitrogens is 2. The van der Waals surface area contributed by atoms with Crippen LogP contribution in [0.3, 0.4) is 0 Å². The normalized spacial score (nSPS) is 11.1. The maximum absolute atomic E-state index is 12.0. The number of rotatable bonds is 3. The average molecular weight is 265 g/mol. The Morgan fingerprint density at radius 2 is 2.22 bits per heavy atom. The Hall–Kier alpha value is -1.69. The van der Waals surface area contributed by atoms with Crippen molar-refractivity contribution in [3.05, 3.63) is 16.8 Å². The molecule has 6 heteroatoms. The summed E-state index contributed by atoms with van der Waals surface area (Å²) in [5, 5.41) is 0.749. The fraction of sp³-hybridized carbons (Fsp3) is 0.417. The van der Waals surface area contributed by atoms with Crippen molar-refractivity contribution in [2.45, 2.75) is 20.8 Å². The summed E-state index contributed by atoms with van der Waals surface area (Å²) in [5.74, 6) is 0.397. The summed E-state index contributed by atoms with van der Waals surface area (Å²) < 4.78 is 5.22. The molecule has 0 fully saturated rings. The van der Waals surface area contributed by atoms with E-state index in [9.17, 15) is 4.79 Å². The minimum absolute atomic E-state index is 0.313. The third kappa shape index (κ3) is 2.28.